The Hall–Kier alpha value is -2.86. The van der Waals surface area contributed by atoms with Crippen LogP contribution in [0, 0.1) is 6.92 Å². The predicted molar refractivity (Wildman–Crippen MR) is 104 cm³/mol. The largest absolute Gasteiger partial charge is 0.465 e. The third kappa shape index (κ3) is 5.56. The third-order valence-corrected chi connectivity index (χ3v) is 4.30. The Morgan fingerprint density at radius 3 is 2.37 bits per heavy atom. The van der Waals surface area contributed by atoms with Crippen molar-refractivity contribution >= 4 is 35.1 Å². The zero-order valence-corrected chi connectivity index (χ0v) is 16.1. The quantitative estimate of drug-likeness (QED) is 0.740. The molecule has 142 valence electrons. The van der Waals surface area contributed by atoms with E-state index in [1.807, 2.05) is 0 Å². The third-order valence-electron chi connectivity index (χ3n) is 4.05. The summed E-state index contributed by atoms with van der Waals surface area (Å²) < 4.78 is 4.74. The summed E-state index contributed by atoms with van der Waals surface area (Å²) in [6.45, 7) is 3.12. The minimum absolute atomic E-state index is 0.0309. The standard InChI is InChI=1S/C20H21ClN2O4/c1-12-16(20(26)27-3)5-4-6-17(12)23-19(25)11-18(22-13(2)24)14-7-9-15(21)10-8-14/h4-10,18H,11H2,1-3H3,(H,22,24)(H,23,25). The van der Waals surface area contributed by atoms with Gasteiger partial charge in [0.2, 0.25) is 11.8 Å². The van der Waals surface area contributed by atoms with Crippen LogP contribution in [-0.4, -0.2) is 24.9 Å². The molecule has 2 amide bonds. The van der Waals surface area contributed by atoms with Crippen molar-refractivity contribution in [1.29, 1.82) is 0 Å². The fraction of sp³-hybridized carbons (Fsp3) is 0.250. The minimum atomic E-state index is -0.496. The summed E-state index contributed by atoms with van der Waals surface area (Å²) in [7, 11) is 1.30. The lowest BCUT2D eigenvalue weighted by Gasteiger charge is -2.19. The van der Waals surface area contributed by atoms with Crippen LogP contribution in [0.15, 0.2) is 42.5 Å². The zero-order valence-electron chi connectivity index (χ0n) is 15.3. The first-order valence-corrected chi connectivity index (χ1v) is 8.70. The van der Waals surface area contributed by atoms with E-state index >= 15 is 0 Å². The van der Waals surface area contributed by atoms with E-state index < -0.39 is 12.0 Å². The maximum absolute atomic E-state index is 12.5. The molecule has 0 radical (unpaired) electrons. The molecule has 0 aromatic heterocycles. The molecule has 0 fully saturated rings. The summed E-state index contributed by atoms with van der Waals surface area (Å²) in [5.74, 6) is -1.01. The Kier molecular flexibility index (Phi) is 6.96. The number of amides is 2. The van der Waals surface area contributed by atoms with Crippen molar-refractivity contribution in [2.45, 2.75) is 26.3 Å². The molecule has 27 heavy (non-hydrogen) atoms. The smallest absolute Gasteiger partial charge is 0.338 e. The number of methoxy groups -OCH3 is 1. The predicted octanol–water partition coefficient (Wildman–Crippen LogP) is 3.64. The van der Waals surface area contributed by atoms with Gasteiger partial charge in [0.1, 0.15) is 0 Å². The molecule has 2 aromatic carbocycles. The Morgan fingerprint density at radius 2 is 1.78 bits per heavy atom. The lowest BCUT2D eigenvalue weighted by molar-refractivity contribution is -0.120. The van der Waals surface area contributed by atoms with Crippen LogP contribution >= 0.6 is 11.6 Å². The summed E-state index contributed by atoms with van der Waals surface area (Å²) in [5.41, 5.74) is 2.28. The topological polar surface area (TPSA) is 84.5 Å². The molecular weight excluding hydrogens is 368 g/mol. The number of hydrogen-bond donors (Lipinski definition) is 2. The summed E-state index contributed by atoms with van der Waals surface area (Å²) in [5, 5.41) is 6.13. The highest BCUT2D eigenvalue weighted by Gasteiger charge is 2.19. The Balaban J connectivity index is 2.17. The van der Waals surface area contributed by atoms with E-state index in [1.54, 1.807) is 49.4 Å². The van der Waals surface area contributed by atoms with Gasteiger partial charge in [-0.2, -0.15) is 0 Å². The number of anilines is 1. The number of ether oxygens (including phenoxy) is 1. The van der Waals surface area contributed by atoms with Gasteiger partial charge in [0.15, 0.2) is 0 Å². The second kappa shape index (κ2) is 9.19. The van der Waals surface area contributed by atoms with Gasteiger partial charge in [-0.25, -0.2) is 4.79 Å². The summed E-state index contributed by atoms with van der Waals surface area (Å²) in [6, 6.07) is 11.4. The van der Waals surface area contributed by atoms with Crippen LogP contribution in [0.2, 0.25) is 5.02 Å². The van der Waals surface area contributed by atoms with E-state index in [1.165, 1.54) is 14.0 Å². The molecule has 0 saturated carbocycles. The summed E-state index contributed by atoms with van der Waals surface area (Å²) in [6.07, 6.45) is 0.0309. The molecule has 1 atom stereocenters. The van der Waals surface area contributed by atoms with E-state index in [4.69, 9.17) is 16.3 Å². The van der Waals surface area contributed by atoms with Gasteiger partial charge in [0.05, 0.1) is 25.1 Å². The first kappa shape index (κ1) is 20.5. The maximum Gasteiger partial charge on any atom is 0.338 e. The fourth-order valence-corrected chi connectivity index (χ4v) is 2.81. The number of carbonyl (C=O) groups is 3. The van der Waals surface area contributed by atoms with E-state index in [0.717, 1.165) is 5.56 Å². The molecule has 2 aromatic rings. The van der Waals surface area contributed by atoms with Gasteiger partial charge in [-0.05, 0) is 42.3 Å². The highest BCUT2D eigenvalue weighted by Crippen LogP contribution is 2.23. The zero-order chi connectivity index (χ0) is 20.0. The Bertz CT molecular complexity index is 850. The highest BCUT2D eigenvalue weighted by atomic mass is 35.5. The van der Waals surface area contributed by atoms with E-state index in [9.17, 15) is 14.4 Å². The second-order valence-electron chi connectivity index (χ2n) is 6.03. The molecule has 0 bridgehead atoms. The van der Waals surface area contributed by atoms with Gasteiger partial charge in [0.25, 0.3) is 0 Å². The number of esters is 1. The van der Waals surface area contributed by atoms with E-state index in [2.05, 4.69) is 10.6 Å². The lowest BCUT2D eigenvalue weighted by atomic mass is 10.0. The van der Waals surface area contributed by atoms with Crippen LogP contribution in [0.4, 0.5) is 5.69 Å². The van der Waals surface area contributed by atoms with E-state index in [0.29, 0.717) is 21.8 Å². The fourth-order valence-electron chi connectivity index (χ4n) is 2.68. The van der Waals surface area contributed by atoms with Crippen LogP contribution in [0.25, 0.3) is 0 Å². The van der Waals surface area contributed by atoms with Gasteiger partial charge < -0.3 is 15.4 Å². The molecule has 0 aliphatic rings. The summed E-state index contributed by atoms with van der Waals surface area (Å²) in [4.78, 5) is 35.9. The van der Waals surface area contributed by atoms with Crippen molar-refractivity contribution < 1.29 is 19.1 Å². The van der Waals surface area contributed by atoms with Crippen LogP contribution in [0.1, 0.15) is 40.9 Å². The molecule has 0 heterocycles. The number of rotatable bonds is 6. The molecule has 2 rings (SSSR count). The SMILES string of the molecule is COC(=O)c1cccc(NC(=O)CC(NC(C)=O)c2ccc(Cl)cc2)c1C. The molecule has 0 aliphatic heterocycles. The van der Waals surface area contributed by atoms with Crippen molar-refractivity contribution in [3.05, 3.63) is 64.2 Å². The monoisotopic (exact) mass is 388 g/mol. The highest BCUT2D eigenvalue weighted by molar-refractivity contribution is 6.30. The molecule has 6 nitrogen and oxygen atoms in total. The molecule has 0 aliphatic carbocycles. The van der Waals surface area contributed by atoms with E-state index in [-0.39, 0.29) is 18.2 Å². The normalized spacial score (nSPS) is 11.4. The van der Waals surface area contributed by atoms with Crippen molar-refractivity contribution in [3.8, 4) is 0 Å². The number of carbonyl (C=O) groups excluding carboxylic acids is 3. The average Bonchev–Trinajstić information content (AvgIpc) is 2.62. The van der Waals surface area contributed by atoms with Crippen molar-refractivity contribution in [3.63, 3.8) is 0 Å². The van der Waals surface area contributed by atoms with Crippen molar-refractivity contribution in [2.24, 2.45) is 0 Å². The van der Waals surface area contributed by atoms with Crippen LogP contribution in [0.5, 0.6) is 0 Å². The molecule has 0 saturated heterocycles. The number of benzene rings is 2. The Labute approximate surface area is 162 Å². The average molecular weight is 389 g/mol. The van der Waals surface area contributed by atoms with Crippen LogP contribution in [-0.2, 0) is 14.3 Å². The van der Waals surface area contributed by atoms with Crippen molar-refractivity contribution in [2.75, 3.05) is 12.4 Å². The molecule has 0 spiro atoms. The van der Waals surface area contributed by atoms with Gasteiger partial charge >= 0.3 is 5.97 Å². The van der Waals surface area contributed by atoms with Gasteiger partial charge in [-0.1, -0.05) is 29.8 Å². The number of halogens is 1. The van der Waals surface area contributed by atoms with Gasteiger partial charge in [-0.3, -0.25) is 9.59 Å². The molecule has 7 heteroatoms. The van der Waals surface area contributed by atoms with Gasteiger partial charge in [0, 0.05) is 17.6 Å². The molecular formula is C20H21ClN2O4. The lowest BCUT2D eigenvalue weighted by Crippen LogP contribution is -2.29. The summed E-state index contributed by atoms with van der Waals surface area (Å²) >= 11 is 5.90. The first-order valence-electron chi connectivity index (χ1n) is 8.32. The maximum atomic E-state index is 12.5. The minimum Gasteiger partial charge on any atom is -0.465 e. The van der Waals surface area contributed by atoms with Crippen LogP contribution < -0.4 is 10.6 Å². The van der Waals surface area contributed by atoms with Crippen LogP contribution in [0.3, 0.4) is 0 Å². The number of hydrogen-bond acceptors (Lipinski definition) is 4. The van der Waals surface area contributed by atoms with Gasteiger partial charge in [-0.15, -0.1) is 0 Å². The molecule has 1 unspecified atom stereocenters. The number of nitrogens with one attached hydrogen (secondary N) is 2. The van der Waals surface area contributed by atoms with Crippen molar-refractivity contribution in [1.82, 2.24) is 5.32 Å². The Morgan fingerprint density at radius 1 is 1.11 bits per heavy atom. The molecule has 2 N–H and O–H groups in total. The first-order chi connectivity index (χ1) is 12.8. The second-order valence-corrected chi connectivity index (χ2v) is 6.46.